The van der Waals surface area contributed by atoms with Crippen molar-refractivity contribution < 1.29 is 33.3 Å². The molecule has 0 bridgehead atoms. The Hall–Kier alpha value is -4.59. The van der Waals surface area contributed by atoms with E-state index in [1.165, 1.54) is 7.11 Å². The van der Waals surface area contributed by atoms with Crippen LogP contribution in [-0.2, 0) is 9.53 Å². The number of aliphatic imine (C=N–C) groups is 1. The molecule has 3 aromatic carbocycles. The Morgan fingerprint density at radius 2 is 1.69 bits per heavy atom. The first-order valence-electron chi connectivity index (χ1n) is 10.8. The number of carbonyl (C=O) groups excluding carboxylic acids is 2. The lowest BCUT2D eigenvalue weighted by atomic mass is 10.1. The Kier molecular flexibility index (Phi) is 7.11. The van der Waals surface area contributed by atoms with Crippen LogP contribution >= 0.6 is 0 Å². The van der Waals surface area contributed by atoms with Crippen molar-refractivity contribution in [2.24, 2.45) is 4.99 Å². The number of nitrogens with zero attached hydrogens (tertiary/aromatic N) is 1. The number of carbonyl (C=O) groups is 2. The van der Waals surface area contributed by atoms with Gasteiger partial charge < -0.3 is 23.7 Å². The van der Waals surface area contributed by atoms with Crippen molar-refractivity contribution in [2.75, 3.05) is 20.8 Å². The number of benzene rings is 3. The summed E-state index contributed by atoms with van der Waals surface area (Å²) >= 11 is 0. The first-order valence-corrected chi connectivity index (χ1v) is 10.8. The first kappa shape index (κ1) is 23.6. The summed E-state index contributed by atoms with van der Waals surface area (Å²) < 4.78 is 26.9. The summed E-state index contributed by atoms with van der Waals surface area (Å²) in [5, 5.41) is 0. The molecule has 0 saturated heterocycles. The molecule has 0 spiro atoms. The van der Waals surface area contributed by atoms with Crippen molar-refractivity contribution in [1.29, 1.82) is 0 Å². The highest BCUT2D eigenvalue weighted by molar-refractivity contribution is 6.13. The minimum atomic E-state index is -0.575. The molecular formula is C27H23NO7. The molecule has 3 aromatic rings. The van der Waals surface area contributed by atoms with E-state index in [-0.39, 0.29) is 17.3 Å². The molecule has 0 fully saturated rings. The number of methoxy groups -OCH3 is 2. The van der Waals surface area contributed by atoms with E-state index < -0.39 is 11.9 Å². The zero-order chi connectivity index (χ0) is 24.8. The van der Waals surface area contributed by atoms with Gasteiger partial charge in [0.05, 0.1) is 26.4 Å². The zero-order valence-electron chi connectivity index (χ0n) is 19.4. The monoisotopic (exact) mass is 473 g/mol. The lowest BCUT2D eigenvalue weighted by molar-refractivity contribution is -0.129. The predicted octanol–water partition coefficient (Wildman–Crippen LogP) is 4.67. The van der Waals surface area contributed by atoms with Crippen LogP contribution in [0.2, 0.25) is 0 Å². The van der Waals surface area contributed by atoms with Gasteiger partial charge in [-0.15, -0.1) is 0 Å². The number of ether oxygens (including phenoxy) is 5. The van der Waals surface area contributed by atoms with Crippen LogP contribution < -0.4 is 18.9 Å². The molecule has 0 atom stereocenters. The number of rotatable bonds is 8. The van der Waals surface area contributed by atoms with E-state index in [0.29, 0.717) is 40.5 Å². The molecule has 0 radical (unpaired) electrons. The van der Waals surface area contributed by atoms with Crippen molar-refractivity contribution >= 4 is 23.9 Å². The van der Waals surface area contributed by atoms with E-state index in [1.54, 1.807) is 79.9 Å². The van der Waals surface area contributed by atoms with Gasteiger partial charge in [-0.3, -0.25) is 0 Å². The first-order chi connectivity index (χ1) is 17.0. The Morgan fingerprint density at radius 3 is 2.43 bits per heavy atom. The van der Waals surface area contributed by atoms with E-state index in [0.717, 1.165) is 0 Å². The molecule has 0 aromatic heterocycles. The summed E-state index contributed by atoms with van der Waals surface area (Å²) in [6.07, 6.45) is 1.58. The van der Waals surface area contributed by atoms with Crippen LogP contribution in [0.15, 0.2) is 77.4 Å². The highest BCUT2D eigenvalue weighted by Gasteiger charge is 2.24. The molecule has 0 aliphatic carbocycles. The van der Waals surface area contributed by atoms with Crippen LogP contribution in [0.1, 0.15) is 28.4 Å². The minimum absolute atomic E-state index is 0.131. The molecule has 1 heterocycles. The standard InChI is InChI=1S/C27H23NO7/c1-4-33-24-14-17(11-12-23(24)34-26(29)19-8-6-10-21(16-19)32-3)13-22-27(30)35-25(28-22)18-7-5-9-20(15-18)31-2/h5-16H,4H2,1-3H3. The molecule has 4 rings (SSSR count). The molecule has 178 valence electrons. The fourth-order valence-electron chi connectivity index (χ4n) is 3.32. The summed E-state index contributed by atoms with van der Waals surface area (Å²) in [4.78, 5) is 29.4. The van der Waals surface area contributed by atoms with E-state index >= 15 is 0 Å². The second-order valence-electron chi connectivity index (χ2n) is 7.33. The third-order valence-electron chi connectivity index (χ3n) is 5.02. The third kappa shape index (κ3) is 5.50. The normalized spacial score (nSPS) is 13.7. The molecule has 8 nitrogen and oxygen atoms in total. The third-order valence-corrected chi connectivity index (χ3v) is 5.02. The molecule has 0 unspecified atom stereocenters. The summed E-state index contributed by atoms with van der Waals surface area (Å²) in [6.45, 7) is 2.17. The summed E-state index contributed by atoms with van der Waals surface area (Å²) in [6, 6.07) is 18.7. The number of hydrogen-bond donors (Lipinski definition) is 0. The highest BCUT2D eigenvalue weighted by Crippen LogP contribution is 2.31. The molecule has 1 aliphatic heterocycles. The van der Waals surface area contributed by atoms with Gasteiger partial charge in [-0.2, -0.15) is 0 Å². The van der Waals surface area contributed by atoms with Gasteiger partial charge in [-0.05, 0) is 67.1 Å². The van der Waals surface area contributed by atoms with Gasteiger partial charge in [0.2, 0.25) is 5.90 Å². The van der Waals surface area contributed by atoms with E-state index in [1.807, 2.05) is 6.92 Å². The lowest BCUT2D eigenvalue weighted by Crippen LogP contribution is -2.10. The quantitative estimate of drug-likeness (QED) is 0.267. The lowest BCUT2D eigenvalue weighted by Gasteiger charge is -2.12. The van der Waals surface area contributed by atoms with Crippen molar-refractivity contribution in [3.8, 4) is 23.0 Å². The molecular weight excluding hydrogens is 450 g/mol. The van der Waals surface area contributed by atoms with E-state index in [9.17, 15) is 9.59 Å². The molecule has 0 N–H and O–H groups in total. The Morgan fingerprint density at radius 1 is 0.943 bits per heavy atom. The Bertz CT molecular complexity index is 1330. The van der Waals surface area contributed by atoms with Gasteiger partial charge in [0.1, 0.15) is 11.5 Å². The topological polar surface area (TPSA) is 92.6 Å². The van der Waals surface area contributed by atoms with Crippen molar-refractivity contribution in [2.45, 2.75) is 6.92 Å². The molecule has 0 saturated carbocycles. The summed E-state index contributed by atoms with van der Waals surface area (Å²) in [5.74, 6) is 0.826. The maximum Gasteiger partial charge on any atom is 0.363 e. The molecule has 8 heteroatoms. The van der Waals surface area contributed by atoms with Crippen LogP contribution in [0.5, 0.6) is 23.0 Å². The van der Waals surface area contributed by atoms with E-state index in [2.05, 4.69) is 4.99 Å². The largest absolute Gasteiger partial charge is 0.497 e. The van der Waals surface area contributed by atoms with Crippen molar-refractivity contribution in [3.63, 3.8) is 0 Å². The second kappa shape index (κ2) is 10.6. The Labute approximate surface area is 202 Å². The molecule has 0 amide bonds. The van der Waals surface area contributed by atoms with Crippen LogP contribution in [0.3, 0.4) is 0 Å². The maximum absolute atomic E-state index is 12.6. The predicted molar refractivity (Wildman–Crippen MR) is 129 cm³/mol. The van der Waals surface area contributed by atoms with Gasteiger partial charge in [0.25, 0.3) is 0 Å². The van der Waals surface area contributed by atoms with Crippen molar-refractivity contribution in [3.05, 3.63) is 89.1 Å². The molecule has 35 heavy (non-hydrogen) atoms. The second-order valence-corrected chi connectivity index (χ2v) is 7.33. The molecule has 1 aliphatic rings. The number of hydrogen-bond acceptors (Lipinski definition) is 8. The Balaban J connectivity index is 1.58. The van der Waals surface area contributed by atoms with Crippen LogP contribution in [0.25, 0.3) is 6.08 Å². The average Bonchev–Trinajstić information content (AvgIpc) is 3.25. The highest BCUT2D eigenvalue weighted by atomic mass is 16.6. The van der Waals surface area contributed by atoms with Crippen LogP contribution in [0, 0.1) is 0 Å². The van der Waals surface area contributed by atoms with E-state index in [4.69, 9.17) is 23.7 Å². The average molecular weight is 473 g/mol. The fraction of sp³-hybridized carbons (Fsp3) is 0.148. The summed E-state index contributed by atoms with van der Waals surface area (Å²) in [5.41, 5.74) is 1.71. The maximum atomic E-state index is 12.6. The van der Waals surface area contributed by atoms with Crippen LogP contribution in [0.4, 0.5) is 0 Å². The van der Waals surface area contributed by atoms with Gasteiger partial charge >= 0.3 is 11.9 Å². The van der Waals surface area contributed by atoms with Crippen LogP contribution in [-0.4, -0.2) is 38.7 Å². The van der Waals surface area contributed by atoms with Gasteiger partial charge in [-0.1, -0.05) is 18.2 Å². The number of esters is 2. The zero-order valence-corrected chi connectivity index (χ0v) is 19.4. The SMILES string of the molecule is CCOc1cc(C=C2N=C(c3cccc(OC)c3)OC2=O)ccc1OC(=O)c1cccc(OC)c1. The van der Waals surface area contributed by atoms with Gasteiger partial charge in [0.15, 0.2) is 17.2 Å². The smallest absolute Gasteiger partial charge is 0.363 e. The van der Waals surface area contributed by atoms with Gasteiger partial charge in [-0.25, -0.2) is 14.6 Å². The fourth-order valence-corrected chi connectivity index (χ4v) is 3.32. The van der Waals surface area contributed by atoms with Crippen molar-refractivity contribution in [1.82, 2.24) is 0 Å². The minimum Gasteiger partial charge on any atom is -0.497 e. The van der Waals surface area contributed by atoms with Gasteiger partial charge in [0, 0.05) is 5.56 Å². The summed E-state index contributed by atoms with van der Waals surface area (Å²) in [7, 11) is 3.08. The number of cyclic esters (lactones) is 1.